The maximum Gasteiger partial charge on any atom is 0.335 e. The lowest BCUT2D eigenvalue weighted by molar-refractivity contribution is -0.136. The molecule has 2 aromatic rings. The topological polar surface area (TPSA) is 121 Å². The molecule has 2 aromatic carbocycles. The van der Waals surface area contributed by atoms with Gasteiger partial charge in [-0.3, -0.25) is 4.79 Å². The number of aromatic hydroxyl groups is 1. The Balaban J connectivity index is 0.000000500. The number of nitrogen functional groups attached to an aromatic ring is 1. The van der Waals surface area contributed by atoms with Gasteiger partial charge in [-0.1, -0.05) is 65.3 Å². The van der Waals surface area contributed by atoms with Crippen LogP contribution in [0.3, 0.4) is 0 Å². The Labute approximate surface area is 188 Å². The zero-order valence-corrected chi connectivity index (χ0v) is 19.7. The average molecular weight is 450 g/mol. The van der Waals surface area contributed by atoms with Crippen LogP contribution in [0.1, 0.15) is 75.0 Å². The van der Waals surface area contributed by atoms with E-state index in [4.69, 9.17) is 22.4 Å². The Morgan fingerprint density at radius 1 is 1.00 bits per heavy atom. The number of nitrogens with two attached hydrogens (primary N) is 1. The highest BCUT2D eigenvalue weighted by Gasteiger charge is 2.32. The molecule has 0 amide bonds. The molecule has 0 saturated carbocycles. The second-order valence-corrected chi connectivity index (χ2v) is 9.80. The predicted octanol–water partition coefficient (Wildman–Crippen LogP) is 5.62. The lowest BCUT2D eigenvalue weighted by Crippen LogP contribution is -2.22. The molecule has 0 heterocycles. The Morgan fingerprint density at radius 2 is 1.55 bits per heavy atom. The molecule has 0 saturated heterocycles. The summed E-state index contributed by atoms with van der Waals surface area (Å²) in [4.78, 5) is 22.6. The molecule has 0 unspecified atom stereocenters. The molecule has 0 atom stereocenters. The fourth-order valence-corrected chi connectivity index (χ4v) is 3.38. The van der Waals surface area contributed by atoms with E-state index in [1.54, 1.807) is 12.1 Å². The van der Waals surface area contributed by atoms with Gasteiger partial charge in [-0.15, -0.1) is 0 Å². The average Bonchev–Trinajstić information content (AvgIpc) is 2.60. The van der Waals surface area contributed by atoms with Crippen molar-refractivity contribution >= 4 is 29.2 Å². The lowest BCUT2D eigenvalue weighted by Gasteiger charge is -2.30. The number of benzene rings is 2. The third-order valence-electron chi connectivity index (χ3n) is 4.69. The third kappa shape index (κ3) is 7.17. The van der Waals surface area contributed by atoms with E-state index in [0.717, 1.165) is 0 Å². The molecule has 2 rings (SSSR count). The molecular formula is C24H32ClNO5. The minimum atomic E-state index is -1.11. The zero-order chi connectivity index (χ0) is 24.1. The van der Waals surface area contributed by atoms with Gasteiger partial charge in [0.05, 0.1) is 16.3 Å². The van der Waals surface area contributed by atoms with Crippen LogP contribution in [0.4, 0.5) is 5.69 Å². The van der Waals surface area contributed by atoms with Crippen LogP contribution >= 0.6 is 11.6 Å². The van der Waals surface area contributed by atoms with Gasteiger partial charge in [-0.2, -0.15) is 0 Å². The van der Waals surface area contributed by atoms with Crippen LogP contribution < -0.4 is 5.73 Å². The van der Waals surface area contributed by atoms with E-state index in [0.29, 0.717) is 27.4 Å². The number of hydrogen-bond acceptors (Lipinski definition) is 4. The number of halogens is 1. The van der Waals surface area contributed by atoms with Crippen LogP contribution in [-0.2, 0) is 22.0 Å². The fraction of sp³-hybridized carbons (Fsp3) is 0.417. The molecule has 0 aliphatic carbocycles. The molecule has 0 fully saturated rings. The van der Waals surface area contributed by atoms with Crippen LogP contribution in [-0.4, -0.2) is 27.3 Å². The van der Waals surface area contributed by atoms with Crippen molar-refractivity contribution in [1.29, 1.82) is 0 Å². The van der Waals surface area contributed by atoms with Gasteiger partial charge in [0, 0.05) is 17.5 Å². The Hall–Kier alpha value is -2.73. The van der Waals surface area contributed by atoms with Crippen molar-refractivity contribution in [1.82, 2.24) is 0 Å². The number of phenols is 1. The van der Waals surface area contributed by atoms with Gasteiger partial charge in [0.15, 0.2) is 0 Å². The first-order valence-electron chi connectivity index (χ1n) is 9.92. The first-order valence-corrected chi connectivity index (χ1v) is 10.3. The van der Waals surface area contributed by atoms with Gasteiger partial charge < -0.3 is 21.1 Å². The number of carbonyl (C=O) groups is 2. The molecular weight excluding hydrogens is 418 g/mol. The molecule has 31 heavy (non-hydrogen) atoms. The monoisotopic (exact) mass is 449 g/mol. The van der Waals surface area contributed by atoms with E-state index in [1.807, 2.05) is 53.7 Å². The van der Waals surface area contributed by atoms with Gasteiger partial charge in [0.1, 0.15) is 5.75 Å². The third-order valence-corrected chi connectivity index (χ3v) is 5.03. The lowest BCUT2D eigenvalue weighted by atomic mass is 9.75. The number of aromatic carboxylic acids is 1. The Kier molecular flexibility index (Phi) is 8.53. The molecule has 0 radical (unpaired) electrons. The molecule has 170 valence electrons. The fourth-order valence-electron chi connectivity index (χ4n) is 3.25. The summed E-state index contributed by atoms with van der Waals surface area (Å²) < 4.78 is 0. The van der Waals surface area contributed by atoms with Gasteiger partial charge in [-0.05, 0) is 41.0 Å². The highest BCUT2D eigenvalue weighted by Crippen LogP contribution is 2.43. The number of phenolic OH excluding ortho intramolecular Hbond substituents is 1. The van der Waals surface area contributed by atoms with E-state index in [1.165, 1.54) is 6.07 Å². The Morgan fingerprint density at radius 3 is 1.90 bits per heavy atom. The minimum Gasteiger partial charge on any atom is -0.507 e. The zero-order valence-electron chi connectivity index (χ0n) is 18.9. The van der Waals surface area contributed by atoms with Gasteiger partial charge in [0.2, 0.25) is 0 Å². The van der Waals surface area contributed by atoms with E-state index >= 15 is 0 Å². The molecule has 0 bridgehead atoms. The van der Waals surface area contributed by atoms with Crippen molar-refractivity contribution < 1.29 is 24.9 Å². The van der Waals surface area contributed by atoms with Crippen LogP contribution in [0.2, 0.25) is 5.02 Å². The minimum absolute atomic E-state index is 0.0652. The highest BCUT2D eigenvalue weighted by molar-refractivity contribution is 6.33. The second kappa shape index (κ2) is 10.1. The summed E-state index contributed by atoms with van der Waals surface area (Å²) in [6.45, 7) is 11.3. The maximum absolute atomic E-state index is 11.7. The van der Waals surface area contributed by atoms with Crippen molar-refractivity contribution in [2.24, 2.45) is 0 Å². The standard InChI is InChI=1S/C18H26O5.C6H6ClN/c1-17(2,3)12-9-11(16(22)23)10(7-8-13(19)20)14(15(12)21)18(4,5)6;7-5-3-1-2-4-6(5)8/h9,21H,7-8H2,1-6H3,(H,19,20)(H,22,23);1-4H,8H2. The van der Waals surface area contributed by atoms with E-state index in [-0.39, 0.29) is 24.2 Å². The SMILES string of the molecule is CC(C)(C)c1cc(C(=O)O)c(CCC(=O)O)c(C(C)(C)C)c1O.Nc1ccccc1Cl. The quantitative estimate of drug-likeness (QED) is 0.449. The van der Waals surface area contributed by atoms with Crippen LogP contribution in [0.5, 0.6) is 5.75 Å². The number of hydrogen-bond donors (Lipinski definition) is 4. The number of para-hydroxylation sites is 1. The summed E-state index contributed by atoms with van der Waals surface area (Å²) in [5.74, 6) is -2.04. The highest BCUT2D eigenvalue weighted by atomic mass is 35.5. The first-order chi connectivity index (χ1) is 14.1. The van der Waals surface area contributed by atoms with E-state index in [2.05, 4.69) is 0 Å². The summed E-state index contributed by atoms with van der Waals surface area (Å²) in [7, 11) is 0. The van der Waals surface area contributed by atoms with E-state index in [9.17, 15) is 19.8 Å². The summed E-state index contributed by atoms with van der Waals surface area (Å²) in [6.07, 6.45) is -0.112. The number of rotatable bonds is 4. The van der Waals surface area contributed by atoms with Crippen LogP contribution in [0.25, 0.3) is 0 Å². The van der Waals surface area contributed by atoms with Crippen molar-refractivity contribution in [2.75, 3.05) is 5.73 Å². The normalized spacial score (nSPS) is 11.5. The summed E-state index contributed by atoms with van der Waals surface area (Å²) >= 11 is 5.58. The molecule has 0 spiro atoms. The van der Waals surface area contributed by atoms with Crippen molar-refractivity contribution in [3.05, 3.63) is 57.6 Å². The maximum atomic E-state index is 11.7. The number of carboxylic acids is 2. The molecule has 0 aliphatic heterocycles. The van der Waals surface area contributed by atoms with Gasteiger partial charge >= 0.3 is 11.9 Å². The van der Waals surface area contributed by atoms with Gasteiger partial charge in [-0.25, -0.2) is 4.79 Å². The summed E-state index contributed by atoms with van der Waals surface area (Å²) in [5.41, 5.74) is 6.62. The summed E-state index contributed by atoms with van der Waals surface area (Å²) in [6, 6.07) is 8.70. The molecule has 5 N–H and O–H groups in total. The van der Waals surface area contributed by atoms with Crippen molar-refractivity contribution in [2.45, 2.75) is 65.2 Å². The largest absolute Gasteiger partial charge is 0.507 e. The molecule has 0 aromatic heterocycles. The molecule has 6 nitrogen and oxygen atoms in total. The summed E-state index contributed by atoms with van der Waals surface area (Å²) in [5, 5.41) is 29.9. The number of aliphatic carboxylic acids is 1. The van der Waals surface area contributed by atoms with Crippen LogP contribution in [0, 0.1) is 0 Å². The predicted molar refractivity (Wildman–Crippen MR) is 124 cm³/mol. The second-order valence-electron chi connectivity index (χ2n) is 9.39. The van der Waals surface area contributed by atoms with Crippen LogP contribution in [0.15, 0.2) is 30.3 Å². The van der Waals surface area contributed by atoms with Gasteiger partial charge in [0.25, 0.3) is 0 Å². The van der Waals surface area contributed by atoms with E-state index < -0.39 is 22.8 Å². The van der Waals surface area contributed by atoms with Crippen molar-refractivity contribution in [3.8, 4) is 5.75 Å². The smallest absolute Gasteiger partial charge is 0.335 e. The Bertz CT molecular complexity index is 935. The first kappa shape index (κ1) is 26.3. The van der Waals surface area contributed by atoms with Crippen molar-refractivity contribution in [3.63, 3.8) is 0 Å². The number of anilines is 1. The molecule has 0 aliphatic rings. The number of carboxylic acid groups (broad SMARTS) is 2. The molecule has 7 heteroatoms.